The van der Waals surface area contributed by atoms with Crippen molar-refractivity contribution in [3.8, 4) is 0 Å². The number of anilines is 1. The molecule has 0 atom stereocenters. The second kappa shape index (κ2) is 7.30. The molecule has 1 heterocycles. The van der Waals surface area contributed by atoms with Crippen LogP contribution in [0.25, 0.3) is 0 Å². The third kappa shape index (κ3) is 3.50. The van der Waals surface area contributed by atoms with Crippen molar-refractivity contribution in [1.29, 1.82) is 0 Å². The number of aryl methyl sites for hydroxylation is 1. The fraction of sp³-hybridized carbons (Fsp3) is 0.556. The SMILES string of the molecule is CCOC(=O)c1c(NC=C2CCCCC2=O)sc2c1CCCC2. The lowest BCUT2D eigenvalue weighted by atomic mass is 9.94. The highest BCUT2D eigenvalue weighted by atomic mass is 32.1. The molecule has 0 aromatic carbocycles. The first kappa shape index (κ1) is 16.2. The summed E-state index contributed by atoms with van der Waals surface area (Å²) in [6.45, 7) is 2.20. The smallest absolute Gasteiger partial charge is 0.341 e. The minimum atomic E-state index is -0.247. The van der Waals surface area contributed by atoms with Crippen LogP contribution in [0.5, 0.6) is 0 Å². The Kier molecular flexibility index (Phi) is 5.16. The van der Waals surface area contributed by atoms with Gasteiger partial charge in [-0.2, -0.15) is 0 Å². The van der Waals surface area contributed by atoms with E-state index in [1.54, 1.807) is 11.3 Å². The van der Waals surface area contributed by atoms with Gasteiger partial charge in [0.1, 0.15) is 5.00 Å². The lowest BCUT2D eigenvalue weighted by Gasteiger charge is -2.13. The number of rotatable bonds is 4. The van der Waals surface area contributed by atoms with Crippen molar-refractivity contribution in [3.63, 3.8) is 0 Å². The number of ketones is 1. The molecule has 1 N–H and O–H groups in total. The summed E-state index contributed by atoms with van der Waals surface area (Å²) in [7, 11) is 0. The van der Waals surface area contributed by atoms with E-state index in [9.17, 15) is 9.59 Å². The zero-order valence-electron chi connectivity index (χ0n) is 13.6. The topological polar surface area (TPSA) is 55.4 Å². The number of Topliss-reactive ketones (excluding diaryl/α,β-unsaturated/α-hetero) is 1. The molecule has 1 saturated carbocycles. The Morgan fingerprint density at radius 3 is 2.70 bits per heavy atom. The third-order valence-corrected chi connectivity index (χ3v) is 5.71. The molecular weight excluding hydrogens is 310 g/mol. The Morgan fingerprint density at radius 2 is 1.91 bits per heavy atom. The van der Waals surface area contributed by atoms with Gasteiger partial charge in [-0.1, -0.05) is 0 Å². The predicted molar refractivity (Wildman–Crippen MR) is 92.1 cm³/mol. The Labute approximate surface area is 140 Å². The number of hydrogen-bond donors (Lipinski definition) is 1. The molecule has 0 bridgehead atoms. The zero-order chi connectivity index (χ0) is 16.2. The van der Waals surface area contributed by atoms with Gasteiger partial charge in [0.25, 0.3) is 0 Å². The summed E-state index contributed by atoms with van der Waals surface area (Å²) in [5.41, 5.74) is 2.68. The number of nitrogens with one attached hydrogen (secondary N) is 1. The number of carbonyl (C=O) groups is 2. The van der Waals surface area contributed by atoms with Gasteiger partial charge in [0.2, 0.25) is 0 Å². The maximum absolute atomic E-state index is 12.4. The highest BCUT2D eigenvalue weighted by Crippen LogP contribution is 2.38. The third-order valence-electron chi connectivity index (χ3n) is 4.49. The van der Waals surface area contributed by atoms with Crippen LogP contribution in [0, 0.1) is 0 Å². The first-order valence-corrected chi connectivity index (χ1v) is 9.32. The molecule has 0 unspecified atom stereocenters. The normalized spacial score (nSPS) is 19.5. The van der Waals surface area contributed by atoms with Crippen LogP contribution in [-0.2, 0) is 22.4 Å². The van der Waals surface area contributed by atoms with E-state index < -0.39 is 0 Å². The molecule has 3 rings (SSSR count). The molecule has 124 valence electrons. The molecule has 0 radical (unpaired) electrons. The van der Waals surface area contributed by atoms with Crippen LogP contribution in [0.2, 0.25) is 0 Å². The van der Waals surface area contributed by atoms with E-state index in [1.165, 1.54) is 11.3 Å². The number of carbonyl (C=O) groups excluding carboxylic acids is 2. The van der Waals surface area contributed by atoms with E-state index in [4.69, 9.17) is 4.74 Å². The molecule has 0 amide bonds. The maximum atomic E-state index is 12.4. The summed E-state index contributed by atoms with van der Waals surface area (Å²) in [5.74, 6) is -0.0227. The van der Waals surface area contributed by atoms with Gasteiger partial charge >= 0.3 is 5.97 Å². The molecule has 23 heavy (non-hydrogen) atoms. The molecule has 1 aromatic heterocycles. The van der Waals surface area contributed by atoms with Gasteiger partial charge in [0, 0.05) is 23.1 Å². The van der Waals surface area contributed by atoms with Crippen molar-refractivity contribution < 1.29 is 14.3 Å². The molecule has 0 saturated heterocycles. The average molecular weight is 333 g/mol. The first-order valence-electron chi connectivity index (χ1n) is 8.51. The van der Waals surface area contributed by atoms with E-state index in [1.807, 2.05) is 13.1 Å². The zero-order valence-corrected chi connectivity index (χ0v) is 14.4. The lowest BCUT2D eigenvalue weighted by Crippen LogP contribution is -2.12. The molecule has 0 aliphatic heterocycles. The van der Waals surface area contributed by atoms with Crippen molar-refractivity contribution in [2.45, 2.75) is 58.3 Å². The van der Waals surface area contributed by atoms with Crippen LogP contribution >= 0.6 is 11.3 Å². The van der Waals surface area contributed by atoms with Gasteiger partial charge in [-0.3, -0.25) is 4.79 Å². The number of allylic oxidation sites excluding steroid dienone is 1. The van der Waals surface area contributed by atoms with Crippen molar-refractivity contribution in [2.24, 2.45) is 0 Å². The lowest BCUT2D eigenvalue weighted by molar-refractivity contribution is -0.116. The van der Waals surface area contributed by atoms with Gasteiger partial charge in [0.15, 0.2) is 5.78 Å². The van der Waals surface area contributed by atoms with Crippen LogP contribution in [-0.4, -0.2) is 18.4 Å². The van der Waals surface area contributed by atoms with E-state index >= 15 is 0 Å². The fourth-order valence-electron chi connectivity index (χ4n) is 3.29. The van der Waals surface area contributed by atoms with E-state index in [0.29, 0.717) is 18.6 Å². The largest absolute Gasteiger partial charge is 0.462 e. The molecular formula is C18H23NO3S. The Morgan fingerprint density at radius 1 is 1.17 bits per heavy atom. The standard InChI is InChI=1S/C18H23NO3S/c1-2-22-18(21)16-13-8-4-6-10-15(13)23-17(16)19-11-12-7-3-5-9-14(12)20/h11,19H,2-10H2,1H3. The Balaban J connectivity index is 1.88. The van der Waals surface area contributed by atoms with E-state index in [2.05, 4.69) is 5.32 Å². The molecule has 5 heteroatoms. The van der Waals surface area contributed by atoms with Gasteiger partial charge in [-0.05, 0) is 57.4 Å². The Bertz CT molecular complexity index is 645. The second-order valence-electron chi connectivity index (χ2n) is 6.08. The van der Waals surface area contributed by atoms with E-state index in [0.717, 1.165) is 54.7 Å². The summed E-state index contributed by atoms with van der Waals surface area (Å²) in [5, 5.41) is 4.08. The number of ether oxygens (including phenoxy) is 1. The van der Waals surface area contributed by atoms with Crippen molar-refractivity contribution in [3.05, 3.63) is 27.8 Å². The van der Waals surface area contributed by atoms with Crippen LogP contribution < -0.4 is 5.32 Å². The molecule has 0 spiro atoms. The van der Waals surface area contributed by atoms with Crippen LogP contribution in [0.15, 0.2) is 11.8 Å². The predicted octanol–water partition coefficient (Wildman–Crippen LogP) is 4.24. The van der Waals surface area contributed by atoms with Gasteiger partial charge in [-0.25, -0.2) is 4.79 Å². The minimum absolute atomic E-state index is 0.225. The van der Waals surface area contributed by atoms with Crippen molar-refractivity contribution >= 4 is 28.1 Å². The minimum Gasteiger partial charge on any atom is -0.462 e. The maximum Gasteiger partial charge on any atom is 0.341 e. The first-order chi connectivity index (χ1) is 11.2. The number of esters is 1. The summed E-state index contributed by atoms with van der Waals surface area (Å²) in [4.78, 5) is 25.6. The van der Waals surface area contributed by atoms with Crippen molar-refractivity contribution in [2.75, 3.05) is 11.9 Å². The average Bonchev–Trinajstić information content (AvgIpc) is 2.92. The summed E-state index contributed by atoms with van der Waals surface area (Å²) in [6.07, 6.45) is 9.58. The fourth-order valence-corrected chi connectivity index (χ4v) is 4.54. The van der Waals surface area contributed by atoms with Crippen LogP contribution in [0.1, 0.15) is 66.2 Å². The van der Waals surface area contributed by atoms with Gasteiger partial charge < -0.3 is 10.1 Å². The molecule has 1 aromatic rings. The van der Waals surface area contributed by atoms with Crippen LogP contribution in [0.4, 0.5) is 5.00 Å². The molecule has 2 aliphatic rings. The summed E-state index contributed by atoms with van der Waals surface area (Å²) in [6, 6.07) is 0. The number of thiophene rings is 1. The number of fused-ring (bicyclic) bond motifs is 1. The van der Waals surface area contributed by atoms with Gasteiger partial charge in [0.05, 0.1) is 12.2 Å². The quantitative estimate of drug-likeness (QED) is 0.661. The Hall–Kier alpha value is -1.62. The van der Waals surface area contributed by atoms with E-state index in [-0.39, 0.29) is 11.8 Å². The molecule has 4 nitrogen and oxygen atoms in total. The van der Waals surface area contributed by atoms with Crippen LogP contribution in [0.3, 0.4) is 0 Å². The highest BCUT2D eigenvalue weighted by molar-refractivity contribution is 7.16. The monoisotopic (exact) mass is 333 g/mol. The van der Waals surface area contributed by atoms with Gasteiger partial charge in [-0.15, -0.1) is 11.3 Å². The number of hydrogen-bond acceptors (Lipinski definition) is 5. The molecule has 2 aliphatic carbocycles. The summed E-state index contributed by atoms with van der Waals surface area (Å²) < 4.78 is 5.25. The van der Waals surface area contributed by atoms with Crippen molar-refractivity contribution in [1.82, 2.24) is 0 Å². The second-order valence-corrected chi connectivity index (χ2v) is 7.18. The molecule has 1 fully saturated rings. The summed E-state index contributed by atoms with van der Waals surface area (Å²) >= 11 is 1.64. The highest BCUT2D eigenvalue weighted by Gasteiger charge is 2.26.